The Balaban J connectivity index is 1.64. The average Bonchev–Trinajstić information content (AvgIpc) is 3.28. The molecule has 5 nitrogen and oxygen atoms in total. The van der Waals surface area contributed by atoms with Crippen LogP contribution in [-0.2, 0) is 4.79 Å². The Morgan fingerprint density at radius 2 is 2.11 bits per heavy atom. The number of nitrogens with zero attached hydrogens (tertiary/aromatic N) is 1. The number of rotatable bonds is 3. The summed E-state index contributed by atoms with van der Waals surface area (Å²) in [6, 6.07) is 8.95. The van der Waals surface area contributed by atoms with Gasteiger partial charge in [0.25, 0.3) is 5.91 Å². The first kappa shape index (κ1) is 11.8. The summed E-state index contributed by atoms with van der Waals surface area (Å²) in [5.74, 6) is 1.22. The number of carbonyl (C=O) groups excluding carboxylic acids is 1. The standard InChI is InChI=1S/C14H14N2O3/c15-7-10(9-5-6-9)16-14(17)13-8-18-11-3-1-2-4-12(11)19-13/h1-4,9-10,13H,5-6,8H2,(H,16,17). The summed E-state index contributed by atoms with van der Waals surface area (Å²) in [7, 11) is 0. The lowest BCUT2D eigenvalue weighted by Gasteiger charge is -2.26. The van der Waals surface area contributed by atoms with E-state index in [0.29, 0.717) is 17.4 Å². The van der Waals surface area contributed by atoms with Crippen molar-refractivity contribution < 1.29 is 14.3 Å². The summed E-state index contributed by atoms with van der Waals surface area (Å²) in [6.07, 6.45) is 1.32. The maximum absolute atomic E-state index is 12.0. The molecule has 3 rings (SSSR count). The first-order chi connectivity index (χ1) is 9.28. The third kappa shape index (κ3) is 2.48. The quantitative estimate of drug-likeness (QED) is 0.885. The molecule has 1 aliphatic carbocycles. The van der Waals surface area contributed by atoms with Gasteiger partial charge >= 0.3 is 0 Å². The summed E-state index contributed by atoms with van der Waals surface area (Å²) in [6.45, 7) is 0.172. The second-order valence-electron chi connectivity index (χ2n) is 4.82. The fraction of sp³-hybridized carbons (Fsp3) is 0.429. The van der Waals surface area contributed by atoms with E-state index in [9.17, 15) is 4.79 Å². The van der Waals surface area contributed by atoms with E-state index in [1.54, 1.807) is 12.1 Å². The van der Waals surface area contributed by atoms with Crippen LogP contribution >= 0.6 is 0 Å². The monoisotopic (exact) mass is 258 g/mol. The Hall–Kier alpha value is -2.22. The van der Waals surface area contributed by atoms with Gasteiger partial charge in [0.1, 0.15) is 12.6 Å². The molecule has 98 valence electrons. The predicted molar refractivity (Wildman–Crippen MR) is 66.6 cm³/mol. The van der Waals surface area contributed by atoms with E-state index < -0.39 is 12.1 Å². The number of nitrogens with one attached hydrogen (secondary N) is 1. The lowest BCUT2D eigenvalue weighted by Crippen LogP contribution is -2.47. The van der Waals surface area contributed by atoms with Gasteiger partial charge in [-0.1, -0.05) is 12.1 Å². The highest BCUT2D eigenvalue weighted by molar-refractivity contribution is 5.82. The van der Waals surface area contributed by atoms with Gasteiger partial charge in [0.2, 0.25) is 6.10 Å². The maximum atomic E-state index is 12.0. The Bertz CT molecular complexity index is 534. The predicted octanol–water partition coefficient (Wildman–Crippen LogP) is 1.24. The summed E-state index contributed by atoms with van der Waals surface area (Å²) < 4.78 is 11.1. The number of fused-ring (bicyclic) bond motifs is 1. The fourth-order valence-electron chi connectivity index (χ4n) is 2.08. The molecule has 1 amide bonds. The van der Waals surface area contributed by atoms with Gasteiger partial charge in [0, 0.05) is 0 Å². The van der Waals surface area contributed by atoms with Gasteiger partial charge in [-0.3, -0.25) is 4.79 Å². The van der Waals surface area contributed by atoms with E-state index in [4.69, 9.17) is 14.7 Å². The summed E-state index contributed by atoms with van der Waals surface area (Å²) in [5, 5.41) is 11.7. The molecule has 0 saturated heterocycles. The molecule has 0 bridgehead atoms. The van der Waals surface area contributed by atoms with Gasteiger partial charge in [-0.2, -0.15) is 5.26 Å². The highest BCUT2D eigenvalue weighted by atomic mass is 16.6. The van der Waals surface area contributed by atoms with Crippen molar-refractivity contribution >= 4 is 5.91 Å². The SMILES string of the molecule is N#CC(NC(=O)C1COc2ccccc2O1)C1CC1. The maximum Gasteiger partial charge on any atom is 0.265 e. The zero-order valence-electron chi connectivity index (χ0n) is 10.3. The van der Waals surface area contributed by atoms with Gasteiger partial charge in [-0.05, 0) is 30.9 Å². The van der Waals surface area contributed by atoms with Crippen LogP contribution in [0, 0.1) is 17.2 Å². The van der Waals surface area contributed by atoms with Crippen molar-refractivity contribution in [3.05, 3.63) is 24.3 Å². The average molecular weight is 258 g/mol. The normalized spacial score (nSPS) is 22.2. The number of benzene rings is 1. The molecule has 0 radical (unpaired) electrons. The number of amides is 1. The second-order valence-corrected chi connectivity index (χ2v) is 4.82. The lowest BCUT2D eigenvalue weighted by molar-refractivity contribution is -0.130. The van der Waals surface area contributed by atoms with Crippen LogP contribution < -0.4 is 14.8 Å². The Labute approximate surface area is 111 Å². The Morgan fingerprint density at radius 3 is 2.79 bits per heavy atom. The molecule has 1 heterocycles. The molecule has 19 heavy (non-hydrogen) atoms. The van der Waals surface area contributed by atoms with Crippen LogP contribution in [0.3, 0.4) is 0 Å². The van der Waals surface area contributed by atoms with E-state index in [1.807, 2.05) is 12.1 Å². The zero-order valence-corrected chi connectivity index (χ0v) is 10.3. The van der Waals surface area contributed by atoms with Gasteiger partial charge in [0.15, 0.2) is 11.5 Å². The van der Waals surface area contributed by atoms with Crippen molar-refractivity contribution in [2.75, 3.05) is 6.61 Å². The van der Waals surface area contributed by atoms with Crippen molar-refractivity contribution in [2.24, 2.45) is 5.92 Å². The minimum Gasteiger partial charge on any atom is -0.485 e. The van der Waals surface area contributed by atoms with E-state index in [2.05, 4.69) is 11.4 Å². The number of hydrogen-bond donors (Lipinski definition) is 1. The van der Waals surface area contributed by atoms with Crippen molar-refractivity contribution in [1.29, 1.82) is 5.26 Å². The molecule has 0 aromatic heterocycles. The van der Waals surface area contributed by atoms with E-state index in [1.165, 1.54) is 0 Å². The number of para-hydroxylation sites is 2. The number of carbonyl (C=O) groups is 1. The minimum atomic E-state index is -0.690. The van der Waals surface area contributed by atoms with Gasteiger partial charge in [-0.25, -0.2) is 0 Å². The summed E-state index contributed by atoms with van der Waals surface area (Å²) in [5.41, 5.74) is 0. The van der Waals surface area contributed by atoms with Crippen LogP contribution in [0.5, 0.6) is 11.5 Å². The molecule has 5 heteroatoms. The van der Waals surface area contributed by atoms with Crippen LogP contribution in [0.4, 0.5) is 0 Å². The van der Waals surface area contributed by atoms with Gasteiger partial charge in [-0.15, -0.1) is 0 Å². The smallest absolute Gasteiger partial charge is 0.265 e. The van der Waals surface area contributed by atoms with Crippen molar-refractivity contribution in [2.45, 2.75) is 25.0 Å². The number of hydrogen-bond acceptors (Lipinski definition) is 4. The highest BCUT2D eigenvalue weighted by Crippen LogP contribution is 2.33. The Kier molecular flexibility index (Phi) is 3.00. The van der Waals surface area contributed by atoms with Crippen LogP contribution in [-0.4, -0.2) is 24.7 Å². The summed E-state index contributed by atoms with van der Waals surface area (Å²) in [4.78, 5) is 12.0. The molecule has 2 atom stereocenters. The third-order valence-electron chi connectivity index (χ3n) is 3.33. The van der Waals surface area contributed by atoms with Crippen molar-refractivity contribution in [1.82, 2.24) is 5.32 Å². The van der Waals surface area contributed by atoms with Crippen LogP contribution in [0.1, 0.15) is 12.8 Å². The minimum absolute atomic E-state index is 0.172. The highest BCUT2D eigenvalue weighted by Gasteiger charge is 2.35. The lowest BCUT2D eigenvalue weighted by atomic mass is 10.2. The first-order valence-corrected chi connectivity index (χ1v) is 6.36. The molecular weight excluding hydrogens is 244 g/mol. The van der Waals surface area contributed by atoms with E-state index in [-0.39, 0.29) is 12.5 Å². The molecule has 2 aliphatic rings. The first-order valence-electron chi connectivity index (χ1n) is 6.36. The third-order valence-corrected chi connectivity index (χ3v) is 3.33. The molecule has 1 fully saturated rings. The van der Waals surface area contributed by atoms with Crippen LogP contribution in [0.15, 0.2) is 24.3 Å². The number of nitriles is 1. The van der Waals surface area contributed by atoms with Gasteiger partial charge < -0.3 is 14.8 Å². The molecule has 1 saturated carbocycles. The second kappa shape index (κ2) is 4.81. The van der Waals surface area contributed by atoms with Crippen molar-refractivity contribution in [3.63, 3.8) is 0 Å². The van der Waals surface area contributed by atoms with Gasteiger partial charge in [0.05, 0.1) is 6.07 Å². The van der Waals surface area contributed by atoms with Crippen LogP contribution in [0.2, 0.25) is 0 Å². The summed E-state index contributed by atoms with van der Waals surface area (Å²) >= 11 is 0. The van der Waals surface area contributed by atoms with E-state index >= 15 is 0 Å². The molecule has 1 aromatic rings. The topological polar surface area (TPSA) is 71.4 Å². The molecule has 1 N–H and O–H groups in total. The fourth-order valence-corrected chi connectivity index (χ4v) is 2.08. The van der Waals surface area contributed by atoms with Crippen molar-refractivity contribution in [3.8, 4) is 17.6 Å². The molecule has 0 spiro atoms. The van der Waals surface area contributed by atoms with E-state index in [0.717, 1.165) is 12.8 Å². The van der Waals surface area contributed by atoms with Crippen LogP contribution in [0.25, 0.3) is 0 Å². The molecule has 1 aromatic carbocycles. The largest absolute Gasteiger partial charge is 0.485 e. The Morgan fingerprint density at radius 1 is 1.37 bits per heavy atom. The zero-order chi connectivity index (χ0) is 13.2. The molecule has 1 aliphatic heterocycles. The molecular formula is C14H14N2O3. The molecule has 2 unspecified atom stereocenters. The number of ether oxygens (including phenoxy) is 2.